The molecule has 0 fully saturated rings. The summed E-state index contributed by atoms with van der Waals surface area (Å²) in [6.07, 6.45) is 1.62. The predicted octanol–water partition coefficient (Wildman–Crippen LogP) is 3.39. The molecule has 1 amide bonds. The number of nitrogens with one attached hydrogen (secondary N) is 1. The van der Waals surface area contributed by atoms with E-state index in [4.69, 9.17) is 14.9 Å². The SMILES string of the molecule is Cc1ccc(C2=NN3C(=N)/C(=C\c4ccc5c(c4)OCO5)C(=O)N=C3S2)cc1. The van der Waals surface area contributed by atoms with Crippen LogP contribution in [0.1, 0.15) is 16.7 Å². The number of carbonyl (C=O) groups excluding carboxylic acids is 1. The molecule has 0 saturated carbocycles. The number of amides is 1. The lowest BCUT2D eigenvalue weighted by atomic mass is 10.1. The number of nitrogens with zero attached hydrogens (tertiary/aromatic N) is 3. The van der Waals surface area contributed by atoms with Crippen molar-refractivity contribution in [2.45, 2.75) is 6.92 Å². The van der Waals surface area contributed by atoms with Crippen LogP contribution in [0.25, 0.3) is 6.08 Å². The van der Waals surface area contributed by atoms with E-state index in [1.165, 1.54) is 16.8 Å². The van der Waals surface area contributed by atoms with E-state index in [-0.39, 0.29) is 18.2 Å². The number of hydrogen-bond acceptors (Lipinski definition) is 6. The molecular weight excluding hydrogens is 376 g/mol. The molecular formula is C20H14N4O3S. The van der Waals surface area contributed by atoms with E-state index in [1.54, 1.807) is 24.3 Å². The average molecular weight is 390 g/mol. The van der Waals surface area contributed by atoms with E-state index in [2.05, 4.69) is 10.1 Å². The third-order valence-corrected chi connectivity index (χ3v) is 5.42. The summed E-state index contributed by atoms with van der Waals surface area (Å²) in [5, 5.41) is 15.5. The molecule has 0 aromatic heterocycles. The highest BCUT2D eigenvalue weighted by atomic mass is 32.2. The molecule has 0 aliphatic carbocycles. The Balaban J connectivity index is 1.48. The van der Waals surface area contributed by atoms with Crippen LogP contribution in [-0.4, -0.2) is 33.8 Å². The molecule has 0 unspecified atom stereocenters. The Kier molecular flexibility index (Phi) is 3.80. The van der Waals surface area contributed by atoms with Crippen molar-refractivity contribution in [1.29, 1.82) is 5.41 Å². The van der Waals surface area contributed by atoms with Crippen LogP contribution in [0.2, 0.25) is 0 Å². The standard InChI is InChI=1S/C20H14N4O3S/c1-11-2-5-13(6-3-11)19-23-24-17(21)14(18(25)22-20(24)28-19)8-12-4-7-15-16(9-12)27-10-26-15/h2-9,21H,10H2,1H3/b14-8+,21-17?. The molecule has 138 valence electrons. The second-order valence-electron chi connectivity index (χ2n) is 6.40. The number of carbonyl (C=O) groups is 1. The molecule has 28 heavy (non-hydrogen) atoms. The first-order valence-electron chi connectivity index (χ1n) is 8.55. The molecule has 8 heteroatoms. The van der Waals surface area contributed by atoms with Gasteiger partial charge in [0, 0.05) is 5.56 Å². The van der Waals surface area contributed by atoms with E-state index >= 15 is 0 Å². The number of amidine groups is 2. The normalized spacial score (nSPS) is 19.0. The zero-order valence-corrected chi connectivity index (χ0v) is 15.6. The first kappa shape index (κ1) is 16.8. The first-order valence-corrected chi connectivity index (χ1v) is 9.37. The van der Waals surface area contributed by atoms with Gasteiger partial charge >= 0.3 is 0 Å². The lowest BCUT2D eigenvalue weighted by molar-refractivity contribution is -0.114. The van der Waals surface area contributed by atoms with Crippen molar-refractivity contribution in [2.75, 3.05) is 6.79 Å². The number of hydrazone groups is 1. The molecule has 1 N–H and O–H groups in total. The van der Waals surface area contributed by atoms with Crippen LogP contribution in [0, 0.1) is 12.3 Å². The van der Waals surface area contributed by atoms with Crippen LogP contribution >= 0.6 is 11.8 Å². The Morgan fingerprint density at radius 1 is 1.14 bits per heavy atom. The number of benzene rings is 2. The van der Waals surface area contributed by atoms with Crippen molar-refractivity contribution in [3.05, 3.63) is 64.7 Å². The summed E-state index contributed by atoms with van der Waals surface area (Å²) in [6.45, 7) is 2.20. The van der Waals surface area contributed by atoms with Gasteiger partial charge in [0.1, 0.15) is 5.04 Å². The van der Waals surface area contributed by atoms with Crippen molar-refractivity contribution in [3.63, 3.8) is 0 Å². The van der Waals surface area contributed by atoms with Gasteiger partial charge in [-0.25, -0.2) is 0 Å². The van der Waals surface area contributed by atoms with Crippen LogP contribution in [0.5, 0.6) is 11.5 Å². The van der Waals surface area contributed by atoms with Crippen molar-refractivity contribution in [3.8, 4) is 11.5 Å². The summed E-state index contributed by atoms with van der Waals surface area (Å²) in [6, 6.07) is 13.3. The maximum absolute atomic E-state index is 12.5. The van der Waals surface area contributed by atoms with Crippen LogP contribution in [0.15, 0.2) is 58.1 Å². The summed E-state index contributed by atoms with van der Waals surface area (Å²) in [5.74, 6) is 0.824. The summed E-state index contributed by atoms with van der Waals surface area (Å²) in [7, 11) is 0. The highest BCUT2D eigenvalue weighted by Crippen LogP contribution is 2.34. The molecule has 0 spiro atoms. The minimum absolute atomic E-state index is 0.00211. The fraction of sp³-hybridized carbons (Fsp3) is 0.100. The maximum atomic E-state index is 12.5. The molecule has 5 rings (SSSR count). The average Bonchev–Trinajstić information content (AvgIpc) is 3.32. The highest BCUT2D eigenvalue weighted by molar-refractivity contribution is 8.27. The maximum Gasteiger partial charge on any atom is 0.283 e. The fourth-order valence-corrected chi connectivity index (χ4v) is 3.87. The van der Waals surface area contributed by atoms with E-state index in [0.29, 0.717) is 21.7 Å². The third-order valence-electron chi connectivity index (χ3n) is 4.46. The molecule has 2 aromatic rings. The Morgan fingerprint density at radius 3 is 2.75 bits per heavy atom. The van der Waals surface area contributed by atoms with Gasteiger partial charge in [-0.15, -0.1) is 0 Å². The summed E-state index contributed by atoms with van der Waals surface area (Å²) in [4.78, 5) is 16.7. The van der Waals surface area contributed by atoms with Crippen LogP contribution in [0.3, 0.4) is 0 Å². The molecule has 0 atom stereocenters. The van der Waals surface area contributed by atoms with Crippen molar-refractivity contribution >= 4 is 39.8 Å². The van der Waals surface area contributed by atoms with Gasteiger partial charge < -0.3 is 9.47 Å². The second kappa shape index (κ2) is 6.35. The molecule has 3 heterocycles. The molecule has 7 nitrogen and oxygen atoms in total. The highest BCUT2D eigenvalue weighted by Gasteiger charge is 2.36. The molecule has 0 radical (unpaired) electrons. The minimum atomic E-state index is -0.457. The molecule has 0 saturated heterocycles. The quantitative estimate of drug-likeness (QED) is 0.794. The lowest BCUT2D eigenvalue weighted by Gasteiger charge is -2.20. The largest absolute Gasteiger partial charge is 0.454 e. The van der Waals surface area contributed by atoms with E-state index in [9.17, 15) is 4.79 Å². The molecule has 3 aliphatic rings. The van der Waals surface area contributed by atoms with Gasteiger partial charge in [0.15, 0.2) is 17.3 Å². The van der Waals surface area contributed by atoms with Crippen molar-refractivity contribution in [2.24, 2.45) is 10.1 Å². The number of fused-ring (bicyclic) bond motifs is 2. The van der Waals surface area contributed by atoms with Crippen molar-refractivity contribution in [1.82, 2.24) is 5.01 Å². The molecule has 2 aromatic carbocycles. The number of aliphatic imine (C=N–C) groups is 1. The fourth-order valence-electron chi connectivity index (χ4n) is 2.97. The van der Waals surface area contributed by atoms with Crippen molar-refractivity contribution < 1.29 is 14.3 Å². The Morgan fingerprint density at radius 2 is 1.93 bits per heavy atom. The van der Waals surface area contributed by atoms with E-state index in [0.717, 1.165) is 16.7 Å². The zero-order chi connectivity index (χ0) is 19.3. The topological polar surface area (TPSA) is 87.3 Å². The Hall–Kier alpha value is -3.39. The van der Waals surface area contributed by atoms with Gasteiger partial charge in [-0.3, -0.25) is 10.2 Å². The number of rotatable bonds is 2. The predicted molar refractivity (Wildman–Crippen MR) is 108 cm³/mol. The number of thioether (sulfide) groups is 1. The Labute approximate surface area is 164 Å². The monoisotopic (exact) mass is 390 g/mol. The van der Waals surface area contributed by atoms with Gasteiger partial charge in [0.25, 0.3) is 5.91 Å². The molecule has 3 aliphatic heterocycles. The minimum Gasteiger partial charge on any atom is -0.454 e. The summed E-state index contributed by atoms with van der Waals surface area (Å²) >= 11 is 1.29. The number of hydrogen-bond donors (Lipinski definition) is 1. The first-order chi connectivity index (χ1) is 13.6. The van der Waals surface area contributed by atoms with Crippen LogP contribution in [0.4, 0.5) is 0 Å². The lowest BCUT2D eigenvalue weighted by Crippen LogP contribution is -2.35. The summed E-state index contributed by atoms with van der Waals surface area (Å²) in [5.41, 5.74) is 2.98. The Bertz CT molecular complexity index is 1120. The number of aryl methyl sites for hydroxylation is 1. The smallest absolute Gasteiger partial charge is 0.283 e. The van der Waals surface area contributed by atoms with Crippen LogP contribution in [-0.2, 0) is 4.79 Å². The van der Waals surface area contributed by atoms with E-state index in [1.807, 2.05) is 31.2 Å². The number of ether oxygens (including phenoxy) is 2. The molecule has 0 bridgehead atoms. The van der Waals surface area contributed by atoms with Gasteiger partial charge in [0.2, 0.25) is 12.0 Å². The van der Waals surface area contributed by atoms with Crippen LogP contribution < -0.4 is 9.47 Å². The van der Waals surface area contributed by atoms with Gasteiger partial charge in [-0.05, 0) is 42.5 Å². The van der Waals surface area contributed by atoms with E-state index < -0.39 is 5.91 Å². The third kappa shape index (κ3) is 2.78. The van der Waals surface area contributed by atoms with Gasteiger partial charge in [0.05, 0.1) is 5.57 Å². The zero-order valence-electron chi connectivity index (χ0n) is 14.8. The summed E-state index contributed by atoms with van der Waals surface area (Å²) < 4.78 is 10.7. The van der Waals surface area contributed by atoms with Gasteiger partial charge in [-0.2, -0.15) is 15.1 Å². The second-order valence-corrected chi connectivity index (χ2v) is 7.36. The van der Waals surface area contributed by atoms with Gasteiger partial charge in [-0.1, -0.05) is 35.9 Å².